The van der Waals surface area contributed by atoms with Crippen molar-refractivity contribution < 1.29 is 58.0 Å². The van der Waals surface area contributed by atoms with Crippen LogP contribution in [0.4, 0.5) is 11.4 Å². The van der Waals surface area contributed by atoms with Gasteiger partial charge in [-0.15, -0.1) is 0 Å². The molecule has 2 aromatic rings. The molecule has 93 heavy (non-hydrogen) atoms. The zero-order valence-corrected chi connectivity index (χ0v) is 69.2. The number of carbonyl (C=O) groups is 2. The third-order valence-electron chi connectivity index (χ3n) is 22.8. The van der Waals surface area contributed by atoms with E-state index in [0.29, 0.717) is 25.9 Å². The van der Waals surface area contributed by atoms with Gasteiger partial charge in [0.1, 0.15) is 58.9 Å². The zero-order valence-electron chi connectivity index (χ0n) is 54.6. The molecule has 3 atom stereocenters. The van der Waals surface area contributed by atoms with Crippen LogP contribution in [0.5, 0.6) is 0 Å². The van der Waals surface area contributed by atoms with E-state index >= 15 is 4.79 Å². The van der Waals surface area contributed by atoms with E-state index in [-0.39, 0.29) is 36.2 Å². The first kappa shape index (κ1) is 75.4. The molecule has 10 rings (SSSR count). The van der Waals surface area contributed by atoms with Crippen LogP contribution in [-0.2, 0) is 40.7 Å². The van der Waals surface area contributed by atoms with E-state index in [1.807, 2.05) is 24.3 Å². The van der Waals surface area contributed by atoms with Gasteiger partial charge < -0.3 is 43.3 Å². The van der Waals surface area contributed by atoms with Crippen molar-refractivity contribution in [1.29, 1.82) is 0 Å². The van der Waals surface area contributed by atoms with Gasteiger partial charge in [-0.2, -0.15) is 21.4 Å². The summed E-state index contributed by atoms with van der Waals surface area (Å²) in [6.45, 7) is 33.7. The van der Waals surface area contributed by atoms with Crippen LogP contribution in [0.1, 0.15) is 96.1 Å². The summed E-state index contributed by atoms with van der Waals surface area (Å²) < 4.78 is 82.6. The maximum Gasteiger partial charge on any atom is 0.265 e. The normalized spacial score (nSPS) is 25.3. The molecule has 0 radical (unpaired) electrons. The Kier molecular flexibility index (Phi) is 25.9. The van der Waals surface area contributed by atoms with Crippen LogP contribution >= 0.6 is 136 Å². The van der Waals surface area contributed by atoms with Crippen molar-refractivity contribution in [3.63, 3.8) is 0 Å². The number of fused-ring (bicyclic) bond motifs is 2. The third-order valence-corrected chi connectivity index (χ3v) is 34.7. The van der Waals surface area contributed by atoms with Gasteiger partial charge in [0.15, 0.2) is 5.71 Å². The van der Waals surface area contributed by atoms with Crippen molar-refractivity contribution in [3.8, 4) is 0 Å². The molecule has 8 aliphatic rings. The Morgan fingerprint density at radius 2 is 1.10 bits per heavy atom. The van der Waals surface area contributed by atoms with Gasteiger partial charge in [0, 0.05) is 101 Å². The van der Waals surface area contributed by atoms with Gasteiger partial charge in [0.25, 0.3) is 20.2 Å². The van der Waals surface area contributed by atoms with E-state index in [1.165, 1.54) is 91.6 Å². The SMILES string of the molecule is CCCCC(C(=O)N1CC[N+]2(CC1)CC[N+]1(CCNCC1)CC2)C1(C)/C(=C/C=C/C=C/C=C/C2=[N+](CCCS(=O)(=O)O)c3cc(I)c(I)c(I)c3C2(C)CCCCCC(=O)N2CC[N+]3(CC2)CC[N+]2(CCNCC2)CC3)N(CCCS(=O)(=O)O)c2cc(I)c(I)c(I)c21. The summed E-state index contributed by atoms with van der Waals surface area (Å²) in [6, 6.07) is 4.40. The number of quaternary nitrogens is 4. The largest absolute Gasteiger partial charge is 0.344 e. The smallest absolute Gasteiger partial charge is 0.265 e. The molecule has 2 amide bonds. The number of piperazine rings is 6. The summed E-state index contributed by atoms with van der Waals surface area (Å²) in [5.41, 5.74) is 5.07. The topological polar surface area (TPSA) is 180 Å². The van der Waals surface area contributed by atoms with Crippen molar-refractivity contribution in [3.05, 3.63) is 92.9 Å². The van der Waals surface area contributed by atoms with Crippen molar-refractivity contribution in [2.24, 2.45) is 5.92 Å². The van der Waals surface area contributed by atoms with E-state index in [1.54, 1.807) is 0 Å². The molecule has 18 nitrogen and oxygen atoms in total. The van der Waals surface area contributed by atoms with Crippen LogP contribution in [0.2, 0.25) is 0 Å². The summed E-state index contributed by atoms with van der Waals surface area (Å²) in [5, 5.41) is 7.10. The minimum atomic E-state index is -4.24. The predicted molar refractivity (Wildman–Crippen MR) is 423 cm³/mol. The lowest BCUT2D eigenvalue weighted by Gasteiger charge is -2.53. The average Bonchev–Trinajstić information content (AvgIpc) is 1.57. The van der Waals surface area contributed by atoms with Crippen LogP contribution in [-0.4, -0.2) is 257 Å². The maximum atomic E-state index is 15.7. The maximum absolute atomic E-state index is 15.7. The highest BCUT2D eigenvalue weighted by molar-refractivity contribution is 14.1. The number of nitrogens with one attached hydrogen (secondary N) is 2. The van der Waals surface area contributed by atoms with Crippen LogP contribution < -0.4 is 15.5 Å². The first-order chi connectivity index (χ1) is 44.2. The number of unbranched alkanes of at least 4 members (excludes halogenated alkanes) is 3. The summed E-state index contributed by atoms with van der Waals surface area (Å²) in [6.07, 6.45) is 21.3. The molecule has 26 heteroatoms. The number of anilines is 1. The number of amides is 2. The first-order valence-corrected chi connectivity index (χ1v) is 43.7. The van der Waals surface area contributed by atoms with Gasteiger partial charge in [0.05, 0.1) is 107 Å². The average molecular weight is 2000 g/mol. The van der Waals surface area contributed by atoms with Gasteiger partial charge in [-0.05, 0) is 187 Å². The Labute approximate surface area is 636 Å². The van der Waals surface area contributed by atoms with Crippen LogP contribution in [0.15, 0.2) is 60.4 Å². The van der Waals surface area contributed by atoms with Gasteiger partial charge in [0.2, 0.25) is 17.5 Å². The molecule has 8 aliphatic heterocycles. The molecular weight excluding hydrogens is 1900 g/mol. The van der Waals surface area contributed by atoms with Crippen LogP contribution in [0.3, 0.4) is 0 Å². The highest BCUT2D eigenvalue weighted by atomic mass is 127. The molecule has 0 aliphatic carbocycles. The standard InChI is InChI=1S/C67H97I6N10O8S2/c1-4-5-16-51(65(85)77-29-37-83(38-30-77)45-41-81(42-46-83)33-23-75-24-34-81)67(3)57(79(26-15-48-93(89,90)91)55-50-53(69)62(71)64(73)60(55)67)18-11-8-6-7-10-17-56-66(2,59-54(49-52(68)61(70)63(59)72)78(56)25-14-47-92(86,87)88)20-13-9-12-19-58(84)76-27-35-82(36-28-76)43-39-80(40-44-82)31-21-74-22-32-80/h6-8,10-11,17-18,49-51,74-75H,4-5,9,12-16,19-48H2,1-3H3/q+3/p+2. The van der Waals surface area contributed by atoms with Crippen molar-refractivity contribution >= 4 is 185 Å². The molecule has 0 bridgehead atoms. The minimum Gasteiger partial charge on any atom is -0.344 e. The number of allylic oxidation sites excluding steroid dienone is 8. The van der Waals surface area contributed by atoms with Gasteiger partial charge in [-0.3, -0.25) is 18.7 Å². The number of nitrogens with zero attached hydrogens (tertiary/aromatic N) is 8. The fourth-order valence-corrected chi connectivity index (χ4v) is 23.2. The number of hydrogen-bond donors (Lipinski definition) is 4. The molecule has 6 saturated heterocycles. The lowest BCUT2D eigenvalue weighted by Crippen LogP contribution is -2.73. The lowest BCUT2D eigenvalue weighted by atomic mass is 9.68. The molecule has 4 N–H and O–H groups in total. The molecule has 2 aromatic carbocycles. The van der Waals surface area contributed by atoms with E-state index in [9.17, 15) is 30.7 Å². The number of rotatable bonds is 23. The van der Waals surface area contributed by atoms with Gasteiger partial charge >= 0.3 is 0 Å². The summed E-state index contributed by atoms with van der Waals surface area (Å²) in [7, 11) is -8.43. The third kappa shape index (κ3) is 17.3. The monoisotopic (exact) mass is 2000 g/mol. The van der Waals surface area contributed by atoms with Gasteiger partial charge in [-0.1, -0.05) is 63.0 Å². The molecule has 8 heterocycles. The molecule has 0 saturated carbocycles. The van der Waals surface area contributed by atoms with E-state index in [0.717, 1.165) is 177 Å². The molecule has 0 aromatic heterocycles. The van der Waals surface area contributed by atoms with E-state index in [2.05, 4.69) is 217 Å². The second-order valence-corrected chi connectivity index (χ2v) is 38.1. The number of carbonyl (C=O) groups excluding carboxylic acids is 2. The summed E-state index contributed by atoms with van der Waals surface area (Å²) >= 11 is 14.6. The Balaban J connectivity index is 0.888. The molecule has 514 valence electrons. The summed E-state index contributed by atoms with van der Waals surface area (Å²) in [5.74, 6) is -0.669. The van der Waals surface area contributed by atoms with Gasteiger partial charge in [-0.25, -0.2) is 0 Å². The number of benzene rings is 2. The molecule has 3 unspecified atom stereocenters. The highest BCUT2D eigenvalue weighted by Gasteiger charge is 2.55. The molecule has 6 fully saturated rings. The Morgan fingerprint density at radius 3 is 1.65 bits per heavy atom. The van der Waals surface area contributed by atoms with Crippen molar-refractivity contribution in [2.45, 2.75) is 95.8 Å². The quantitative estimate of drug-likeness (QED) is 0.0158. The lowest BCUT2D eigenvalue weighted by molar-refractivity contribution is -1.03. The van der Waals surface area contributed by atoms with E-state index in [4.69, 9.17) is 0 Å². The van der Waals surface area contributed by atoms with Crippen molar-refractivity contribution in [1.82, 2.24) is 20.4 Å². The number of halogens is 6. The van der Waals surface area contributed by atoms with Crippen LogP contribution in [0.25, 0.3) is 0 Å². The fourth-order valence-electron chi connectivity index (χ4n) is 16.9. The Bertz CT molecular complexity index is 3460. The fraction of sp³-hybridized carbons (Fsp3) is 0.657. The van der Waals surface area contributed by atoms with Crippen LogP contribution in [0, 0.1) is 27.3 Å². The molecule has 4 spiro atoms. The Morgan fingerprint density at radius 1 is 0.602 bits per heavy atom. The van der Waals surface area contributed by atoms with Crippen molar-refractivity contribution in [2.75, 3.05) is 187 Å². The Hall–Kier alpha value is -0.230. The predicted octanol–water partition coefficient (Wildman–Crippen LogP) is 9.50. The summed E-state index contributed by atoms with van der Waals surface area (Å²) in [4.78, 5) is 36.0. The zero-order chi connectivity index (χ0) is 66.6. The van der Waals surface area contributed by atoms with E-state index < -0.39 is 37.0 Å². The molecular formula is C67H99I6N10O8S2+5. The number of hydrogen-bond acceptors (Lipinski definition) is 9. The second-order valence-electron chi connectivity index (χ2n) is 28.3. The first-order valence-electron chi connectivity index (χ1n) is 34.0. The minimum absolute atomic E-state index is 0.186. The second kappa shape index (κ2) is 32.0. The highest BCUT2D eigenvalue weighted by Crippen LogP contribution is 2.57.